The van der Waals surface area contributed by atoms with Crippen LogP contribution in [0.5, 0.6) is 11.5 Å². The van der Waals surface area contributed by atoms with Gasteiger partial charge in [-0.3, -0.25) is 20.4 Å². The summed E-state index contributed by atoms with van der Waals surface area (Å²) in [6.07, 6.45) is 3.03. The Hall–Kier alpha value is -3.81. The lowest BCUT2D eigenvalue weighted by Gasteiger charge is -2.14. The highest BCUT2D eigenvalue weighted by Crippen LogP contribution is 2.29. The van der Waals surface area contributed by atoms with E-state index < -0.39 is 5.91 Å². The number of fused-ring (bicyclic) bond motifs is 1. The molecule has 1 aromatic heterocycles. The van der Waals surface area contributed by atoms with E-state index in [1.54, 1.807) is 6.08 Å². The van der Waals surface area contributed by atoms with Gasteiger partial charge in [0.25, 0.3) is 5.91 Å². The summed E-state index contributed by atoms with van der Waals surface area (Å²) in [6.45, 7) is 7.15. The normalized spacial score (nSPS) is 11.2. The van der Waals surface area contributed by atoms with Crippen LogP contribution in [-0.4, -0.2) is 34.6 Å². The van der Waals surface area contributed by atoms with E-state index in [0.717, 1.165) is 16.6 Å². The summed E-state index contributed by atoms with van der Waals surface area (Å²) in [4.78, 5) is 28.9. The number of carbonyl (C=O) groups is 2. The Labute approximate surface area is 193 Å². The number of amides is 2. The van der Waals surface area contributed by atoms with Crippen LogP contribution in [0.25, 0.3) is 17.1 Å². The Morgan fingerprint density at radius 3 is 2.61 bits per heavy atom. The minimum atomic E-state index is -0.452. The summed E-state index contributed by atoms with van der Waals surface area (Å²) in [6, 6.07) is 13.1. The van der Waals surface area contributed by atoms with Gasteiger partial charge in [-0.25, -0.2) is 4.98 Å². The van der Waals surface area contributed by atoms with E-state index in [2.05, 4.69) is 29.7 Å². The molecule has 0 aliphatic rings. The maximum atomic E-state index is 12.2. The second-order valence-electron chi connectivity index (χ2n) is 7.97. The second kappa shape index (κ2) is 11.2. The van der Waals surface area contributed by atoms with Crippen molar-refractivity contribution in [2.75, 3.05) is 13.2 Å². The average molecular weight is 451 g/mol. The van der Waals surface area contributed by atoms with Gasteiger partial charge in [0.05, 0.1) is 30.7 Å². The molecule has 0 bridgehead atoms. The molecule has 0 fully saturated rings. The molecular formula is C25H30N4O4. The Morgan fingerprint density at radius 2 is 1.88 bits per heavy atom. The van der Waals surface area contributed by atoms with Crippen molar-refractivity contribution in [3.63, 3.8) is 0 Å². The molecule has 0 saturated carbocycles. The van der Waals surface area contributed by atoms with E-state index in [1.165, 1.54) is 6.08 Å². The number of aromatic nitrogens is 2. The monoisotopic (exact) mass is 450 g/mol. The third-order valence-corrected chi connectivity index (χ3v) is 4.79. The van der Waals surface area contributed by atoms with Gasteiger partial charge in [-0.15, -0.1) is 0 Å². The van der Waals surface area contributed by atoms with E-state index in [1.807, 2.05) is 61.0 Å². The number of hydrogen-bond acceptors (Lipinski definition) is 5. The van der Waals surface area contributed by atoms with Crippen molar-refractivity contribution < 1.29 is 19.1 Å². The first kappa shape index (κ1) is 23.8. The third kappa shape index (κ3) is 6.58. The highest BCUT2D eigenvalue weighted by molar-refractivity contribution is 5.93. The molecular weight excluding hydrogens is 420 g/mol. The molecule has 0 saturated heterocycles. The van der Waals surface area contributed by atoms with Gasteiger partial charge < -0.3 is 14.0 Å². The van der Waals surface area contributed by atoms with E-state index in [4.69, 9.17) is 9.47 Å². The molecule has 174 valence electrons. The molecule has 0 aliphatic carbocycles. The molecule has 2 aromatic carbocycles. The SMILES string of the molecule is CCOc1cc(C=CC(=O)NNC(=O)Cc2nc3ccccc3n2C)ccc1OCC(C)C. The summed E-state index contributed by atoms with van der Waals surface area (Å²) >= 11 is 0. The number of imidazole rings is 1. The number of hydrazine groups is 1. The summed E-state index contributed by atoms with van der Waals surface area (Å²) < 4.78 is 13.3. The maximum Gasteiger partial charge on any atom is 0.262 e. The van der Waals surface area contributed by atoms with Crippen LogP contribution in [-0.2, 0) is 23.1 Å². The lowest BCUT2D eigenvalue weighted by Crippen LogP contribution is -2.41. The summed E-state index contributed by atoms with van der Waals surface area (Å²) in [5, 5.41) is 0. The molecule has 1 heterocycles. The predicted octanol–water partition coefficient (Wildman–Crippen LogP) is 3.41. The van der Waals surface area contributed by atoms with Gasteiger partial charge in [0.2, 0.25) is 5.91 Å². The Bertz CT molecular complexity index is 1150. The minimum absolute atomic E-state index is 0.0464. The number of para-hydroxylation sites is 2. The van der Waals surface area contributed by atoms with Crippen LogP contribution in [0.3, 0.4) is 0 Å². The van der Waals surface area contributed by atoms with Crippen LogP contribution in [0.1, 0.15) is 32.2 Å². The molecule has 3 aromatic rings. The fourth-order valence-corrected chi connectivity index (χ4v) is 3.16. The van der Waals surface area contributed by atoms with Gasteiger partial charge in [0, 0.05) is 13.1 Å². The number of nitrogens with zero attached hydrogens (tertiary/aromatic N) is 2. The van der Waals surface area contributed by atoms with Crippen molar-refractivity contribution in [2.24, 2.45) is 13.0 Å². The van der Waals surface area contributed by atoms with Gasteiger partial charge >= 0.3 is 0 Å². The molecule has 0 spiro atoms. The smallest absolute Gasteiger partial charge is 0.262 e. The minimum Gasteiger partial charge on any atom is -0.490 e. The summed E-state index contributed by atoms with van der Waals surface area (Å²) in [7, 11) is 1.86. The van der Waals surface area contributed by atoms with Gasteiger partial charge in [-0.1, -0.05) is 32.0 Å². The molecule has 0 radical (unpaired) electrons. The molecule has 3 rings (SSSR count). The fraction of sp³-hybridized carbons (Fsp3) is 0.320. The van der Waals surface area contributed by atoms with E-state index in [9.17, 15) is 9.59 Å². The van der Waals surface area contributed by atoms with Crippen LogP contribution in [0.2, 0.25) is 0 Å². The quantitative estimate of drug-likeness (QED) is 0.385. The molecule has 8 nitrogen and oxygen atoms in total. The number of hydrogen-bond donors (Lipinski definition) is 2. The first-order valence-corrected chi connectivity index (χ1v) is 10.9. The van der Waals surface area contributed by atoms with E-state index in [0.29, 0.717) is 36.5 Å². The van der Waals surface area contributed by atoms with Crippen molar-refractivity contribution in [3.8, 4) is 11.5 Å². The van der Waals surface area contributed by atoms with Crippen molar-refractivity contribution in [3.05, 3.63) is 59.9 Å². The van der Waals surface area contributed by atoms with Crippen molar-refractivity contribution in [1.82, 2.24) is 20.4 Å². The zero-order valence-electron chi connectivity index (χ0n) is 19.4. The first-order chi connectivity index (χ1) is 15.9. The summed E-state index contributed by atoms with van der Waals surface area (Å²) in [5.74, 6) is 1.49. The predicted molar refractivity (Wildman–Crippen MR) is 128 cm³/mol. The largest absolute Gasteiger partial charge is 0.490 e. The highest BCUT2D eigenvalue weighted by atomic mass is 16.5. The van der Waals surface area contributed by atoms with Gasteiger partial charge in [-0.05, 0) is 48.7 Å². The van der Waals surface area contributed by atoms with E-state index >= 15 is 0 Å². The zero-order valence-corrected chi connectivity index (χ0v) is 19.4. The van der Waals surface area contributed by atoms with Crippen LogP contribution >= 0.6 is 0 Å². The van der Waals surface area contributed by atoms with Crippen LogP contribution in [0.15, 0.2) is 48.5 Å². The lowest BCUT2D eigenvalue weighted by molar-refractivity contribution is -0.126. The first-order valence-electron chi connectivity index (χ1n) is 10.9. The third-order valence-electron chi connectivity index (χ3n) is 4.79. The average Bonchev–Trinajstić information content (AvgIpc) is 3.11. The van der Waals surface area contributed by atoms with E-state index in [-0.39, 0.29) is 12.3 Å². The van der Waals surface area contributed by atoms with Gasteiger partial charge in [-0.2, -0.15) is 0 Å². The Kier molecular flexibility index (Phi) is 8.07. The molecule has 0 unspecified atom stereocenters. The lowest BCUT2D eigenvalue weighted by atomic mass is 10.2. The van der Waals surface area contributed by atoms with Crippen LogP contribution < -0.4 is 20.3 Å². The standard InChI is InChI=1S/C25H30N4O4/c1-5-32-22-14-18(10-12-21(22)33-16-17(2)3)11-13-24(30)27-28-25(31)15-23-26-19-8-6-7-9-20(19)29(23)4/h6-14,17H,5,15-16H2,1-4H3,(H,27,30)(H,28,31). The number of nitrogens with one attached hydrogen (secondary N) is 2. The van der Waals surface area contributed by atoms with Crippen LogP contribution in [0, 0.1) is 5.92 Å². The van der Waals surface area contributed by atoms with Gasteiger partial charge in [0.15, 0.2) is 11.5 Å². The van der Waals surface area contributed by atoms with Crippen molar-refractivity contribution in [1.29, 1.82) is 0 Å². The molecule has 8 heteroatoms. The molecule has 0 atom stereocenters. The second-order valence-corrected chi connectivity index (χ2v) is 7.97. The fourth-order valence-electron chi connectivity index (χ4n) is 3.16. The number of rotatable bonds is 9. The molecule has 0 aliphatic heterocycles. The Morgan fingerprint density at radius 1 is 1.09 bits per heavy atom. The highest BCUT2D eigenvalue weighted by Gasteiger charge is 2.12. The number of ether oxygens (including phenoxy) is 2. The number of carbonyl (C=O) groups excluding carboxylic acids is 2. The van der Waals surface area contributed by atoms with Gasteiger partial charge in [0.1, 0.15) is 5.82 Å². The number of benzene rings is 2. The van der Waals surface area contributed by atoms with Crippen LogP contribution in [0.4, 0.5) is 0 Å². The van der Waals surface area contributed by atoms with Crippen molar-refractivity contribution >= 4 is 28.9 Å². The summed E-state index contributed by atoms with van der Waals surface area (Å²) in [5.41, 5.74) is 7.35. The molecule has 2 N–H and O–H groups in total. The Balaban J connectivity index is 1.55. The molecule has 2 amide bonds. The number of aryl methyl sites for hydroxylation is 1. The van der Waals surface area contributed by atoms with Crippen molar-refractivity contribution in [2.45, 2.75) is 27.2 Å². The maximum absolute atomic E-state index is 12.2. The topological polar surface area (TPSA) is 94.5 Å². The zero-order chi connectivity index (χ0) is 23.8. The molecule has 33 heavy (non-hydrogen) atoms.